The third-order valence-corrected chi connectivity index (χ3v) is 2.73. The molecule has 0 aliphatic heterocycles. The first kappa shape index (κ1) is 9.62. The van der Waals surface area contributed by atoms with Crippen molar-refractivity contribution in [1.29, 1.82) is 0 Å². The Labute approximate surface area is 95.1 Å². The van der Waals surface area contributed by atoms with Gasteiger partial charge in [0, 0.05) is 28.6 Å². The van der Waals surface area contributed by atoms with Crippen LogP contribution in [0.3, 0.4) is 0 Å². The number of hydrogen-bond donors (Lipinski definition) is 0. The molecule has 0 atom stereocenters. The molecule has 0 saturated carbocycles. The Bertz CT molecular complexity index is 416. The van der Waals surface area contributed by atoms with Gasteiger partial charge in [-0.05, 0) is 34.1 Å². The van der Waals surface area contributed by atoms with Gasteiger partial charge in [-0.2, -0.15) is 0 Å². The van der Waals surface area contributed by atoms with Crippen LogP contribution in [0.5, 0.6) is 0 Å². The van der Waals surface area contributed by atoms with Crippen LogP contribution in [0.2, 0.25) is 5.02 Å². The SMILES string of the molecule is Clc1cnccc1-c1ncccc1Br. The number of nitrogens with zero attached hydrogens (tertiary/aromatic N) is 2. The summed E-state index contributed by atoms with van der Waals surface area (Å²) >= 11 is 9.43. The minimum Gasteiger partial charge on any atom is -0.263 e. The van der Waals surface area contributed by atoms with E-state index in [4.69, 9.17) is 11.6 Å². The number of hydrogen-bond acceptors (Lipinski definition) is 2. The van der Waals surface area contributed by atoms with Gasteiger partial charge in [-0.3, -0.25) is 9.97 Å². The van der Waals surface area contributed by atoms with Gasteiger partial charge in [0.1, 0.15) is 0 Å². The maximum Gasteiger partial charge on any atom is 0.0859 e. The van der Waals surface area contributed by atoms with Crippen LogP contribution in [-0.2, 0) is 0 Å². The van der Waals surface area contributed by atoms with E-state index in [2.05, 4.69) is 25.9 Å². The number of halogens is 2. The lowest BCUT2D eigenvalue weighted by atomic mass is 10.2. The smallest absolute Gasteiger partial charge is 0.0859 e. The zero-order valence-corrected chi connectivity index (χ0v) is 9.46. The lowest BCUT2D eigenvalue weighted by Crippen LogP contribution is -1.86. The van der Waals surface area contributed by atoms with Crippen LogP contribution in [0.15, 0.2) is 41.3 Å². The van der Waals surface area contributed by atoms with Crippen molar-refractivity contribution < 1.29 is 0 Å². The van der Waals surface area contributed by atoms with Gasteiger partial charge >= 0.3 is 0 Å². The quantitative estimate of drug-likeness (QED) is 0.791. The molecule has 0 radical (unpaired) electrons. The monoisotopic (exact) mass is 268 g/mol. The van der Waals surface area contributed by atoms with Crippen molar-refractivity contribution in [3.05, 3.63) is 46.3 Å². The van der Waals surface area contributed by atoms with Crippen molar-refractivity contribution in [2.45, 2.75) is 0 Å². The van der Waals surface area contributed by atoms with Crippen molar-refractivity contribution >= 4 is 27.5 Å². The number of pyridine rings is 2. The summed E-state index contributed by atoms with van der Waals surface area (Å²) in [6.45, 7) is 0. The molecule has 0 aliphatic rings. The van der Waals surface area contributed by atoms with Gasteiger partial charge in [0.05, 0.1) is 10.7 Å². The van der Waals surface area contributed by atoms with Crippen molar-refractivity contribution in [3.63, 3.8) is 0 Å². The molecule has 2 rings (SSSR count). The van der Waals surface area contributed by atoms with Crippen LogP contribution in [0, 0.1) is 0 Å². The van der Waals surface area contributed by atoms with Gasteiger partial charge in [-0.1, -0.05) is 11.6 Å². The van der Waals surface area contributed by atoms with Crippen LogP contribution < -0.4 is 0 Å². The maximum absolute atomic E-state index is 6.01. The first-order valence-corrected chi connectivity index (χ1v) is 5.16. The van der Waals surface area contributed by atoms with Crippen LogP contribution in [0.4, 0.5) is 0 Å². The van der Waals surface area contributed by atoms with E-state index in [9.17, 15) is 0 Å². The first-order chi connectivity index (χ1) is 6.79. The largest absolute Gasteiger partial charge is 0.263 e. The van der Waals surface area contributed by atoms with Gasteiger partial charge < -0.3 is 0 Å². The molecule has 0 aromatic carbocycles. The van der Waals surface area contributed by atoms with E-state index in [1.54, 1.807) is 18.6 Å². The number of aromatic nitrogens is 2. The lowest BCUT2D eigenvalue weighted by molar-refractivity contribution is 1.28. The summed E-state index contributed by atoms with van der Waals surface area (Å²) in [6.07, 6.45) is 5.04. The van der Waals surface area contributed by atoms with Gasteiger partial charge in [-0.25, -0.2) is 0 Å². The van der Waals surface area contributed by atoms with E-state index >= 15 is 0 Å². The fourth-order valence-electron chi connectivity index (χ4n) is 1.15. The van der Waals surface area contributed by atoms with Crippen molar-refractivity contribution in [1.82, 2.24) is 9.97 Å². The Morgan fingerprint density at radius 2 is 2.07 bits per heavy atom. The van der Waals surface area contributed by atoms with Crippen LogP contribution in [0.1, 0.15) is 0 Å². The molecule has 2 heterocycles. The molecule has 0 amide bonds. The predicted molar refractivity (Wildman–Crippen MR) is 60.2 cm³/mol. The molecule has 0 unspecified atom stereocenters. The highest BCUT2D eigenvalue weighted by molar-refractivity contribution is 9.10. The van der Waals surface area contributed by atoms with Crippen molar-refractivity contribution in [2.75, 3.05) is 0 Å². The molecule has 0 spiro atoms. The molecular weight excluding hydrogens is 263 g/mol. The summed E-state index contributed by atoms with van der Waals surface area (Å²) in [5.41, 5.74) is 1.72. The van der Waals surface area contributed by atoms with Gasteiger partial charge in [0.15, 0.2) is 0 Å². The Hall–Kier alpha value is -0.930. The van der Waals surface area contributed by atoms with E-state index in [-0.39, 0.29) is 0 Å². The minimum absolute atomic E-state index is 0.604. The average Bonchev–Trinajstić information content (AvgIpc) is 2.20. The molecule has 0 bridgehead atoms. The third kappa shape index (κ3) is 1.79. The molecule has 2 aromatic heterocycles. The summed E-state index contributed by atoms with van der Waals surface area (Å²) in [4.78, 5) is 8.18. The molecule has 0 fully saturated rings. The van der Waals surface area contributed by atoms with E-state index < -0.39 is 0 Å². The zero-order chi connectivity index (χ0) is 9.97. The molecule has 0 N–H and O–H groups in total. The Morgan fingerprint density at radius 1 is 1.21 bits per heavy atom. The Balaban J connectivity index is 2.61. The topological polar surface area (TPSA) is 25.8 Å². The lowest BCUT2D eigenvalue weighted by Gasteiger charge is -2.04. The van der Waals surface area contributed by atoms with Crippen molar-refractivity contribution in [3.8, 4) is 11.3 Å². The first-order valence-electron chi connectivity index (χ1n) is 3.99. The summed E-state index contributed by atoms with van der Waals surface area (Å²) in [6, 6.07) is 5.64. The third-order valence-electron chi connectivity index (χ3n) is 1.79. The highest BCUT2D eigenvalue weighted by Gasteiger charge is 2.07. The summed E-state index contributed by atoms with van der Waals surface area (Å²) in [5, 5.41) is 0.604. The minimum atomic E-state index is 0.604. The summed E-state index contributed by atoms with van der Waals surface area (Å²) in [5.74, 6) is 0. The molecule has 4 heteroatoms. The molecule has 0 aliphatic carbocycles. The Kier molecular flexibility index (Phi) is 2.79. The summed E-state index contributed by atoms with van der Waals surface area (Å²) in [7, 11) is 0. The van der Waals surface area contributed by atoms with Gasteiger partial charge in [-0.15, -0.1) is 0 Å². The molecule has 2 aromatic rings. The molecule has 2 nitrogen and oxygen atoms in total. The van der Waals surface area contributed by atoms with Crippen LogP contribution in [0.25, 0.3) is 11.3 Å². The highest BCUT2D eigenvalue weighted by atomic mass is 79.9. The molecule has 70 valence electrons. The second-order valence-corrected chi connectivity index (χ2v) is 3.95. The normalized spacial score (nSPS) is 10.1. The summed E-state index contributed by atoms with van der Waals surface area (Å²) < 4.78 is 0.924. The van der Waals surface area contributed by atoms with Crippen LogP contribution in [-0.4, -0.2) is 9.97 Å². The molecule has 14 heavy (non-hydrogen) atoms. The standard InChI is InChI=1S/C10H6BrClN2/c11-8-2-1-4-14-10(8)7-3-5-13-6-9(7)12/h1-6H. The average molecular weight is 270 g/mol. The second kappa shape index (κ2) is 4.07. The van der Waals surface area contributed by atoms with E-state index in [0.717, 1.165) is 15.7 Å². The van der Waals surface area contributed by atoms with Crippen molar-refractivity contribution in [2.24, 2.45) is 0 Å². The van der Waals surface area contributed by atoms with E-state index in [1.165, 1.54) is 0 Å². The maximum atomic E-state index is 6.01. The highest BCUT2D eigenvalue weighted by Crippen LogP contribution is 2.30. The number of rotatable bonds is 1. The van der Waals surface area contributed by atoms with Gasteiger partial charge in [0.25, 0.3) is 0 Å². The fraction of sp³-hybridized carbons (Fsp3) is 0. The van der Waals surface area contributed by atoms with E-state index in [1.807, 2.05) is 18.2 Å². The van der Waals surface area contributed by atoms with Crippen LogP contribution >= 0.6 is 27.5 Å². The molecule has 0 saturated heterocycles. The predicted octanol–water partition coefficient (Wildman–Crippen LogP) is 3.56. The molecular formula is C10H6BrClN2. The zero-order valence-electron chi connectivity index (χ0n) is 7.11. The fourth-order valence-corrected chi connectivity index (χ4v) is 1.83. The van der Waals surface area contributed by atoms with E-state index in [0.29, 0.717) is 5.02 Å². The second-order valence-electron chi connectivity index (χ2n) is 2.69. The Morgan fingerprint density at radius 3 is 2.79 bits per heavy atom. The van der Waals surface area contributed by atoms with Gasteiger partial charge in [0.2, 0.25) is 0 Å².